The van der Waals surface area contributed by atoms with Crippen molar-refractivity contribution in [3.8, 4) is 0 Å². The molecule has 0 saturated carbocycles. The fraction of sp³-hybridized carbons (Fsp3) is 0.556. The normalized spacial score (nSPS) is 27.0. The summed E-state index contributed by atoms with van der Waals surface area (Å²) in [6.45, 7) is 3.70. The van der Waals surface area contributed by atoms with Crippen molar-refractivity contribution in [2.24, 2.45) is 0 Å². The highest BCUT2D eigenvalue weighted by Gasteiger charge is 2.37. The Morgan fingerprint density at radius 3 is 2.64 bits per heavy atom. The van der Waals surface area contributed by atoms with Crippen LogP contribution in [-0.4, -0.2) is 62.6 Å². The molecule has 2 aliphatic heterocycles. The van der Waals surface area contributed by atoms with Gasteiger partial charge in [0.25, 0.3) is 0 Å². The van der Waals surface area contributed by atoms with Gasteiger partial charge in [0.2, 0.25) is 5.91 Å². The van der Waals surface area contributed by atoms with E-state index in [1.807, 2.05) is 37.3 Å². The largest absolute Gasteiger partial charge is 0.340 e. The number of para-hydroxylation sites is 1. The van der Waals surface area contributed by atoms with Crippen molar-refractivity contribution < 1.29 is 13.8 Å². The van der Waals surface area contributed by atoms with Crippen LogP contribution >= 0.6 is 0 Å². The molecule has 2 heterocycles. The molecular weight excluding hydrogens is 338 g/mol. The molecule has 1 aromatic carbocycles. The zero-order valence-electron chi connectivity index (χ0n) is 14.5. The average molecular weight is 363 g/mol. The Kier molecular flexibility index (Phi) is 5.73. The number of hydrogen-bond donors (Lipinski definition) is 1. The summed E-state index contributed by atoms with van der Waals surface area (Å²) < 4.78 is 12.0. The Labute approximate surface area is 151 Å². The maximum absolute atomic E-state index is 12.9. The molecule has 136 valence electrons. The number of nitrogens with one attached hydrogen (secondary N) is 1. The molecule has 0 aliphatic carbocycles. The molecule has 2 saturated heterocycles. The first-order valence-electron chi connectivity index (χ1n) is 8.85. The average Bonchev–Trinajstić information content (AvgIpc) is 3.05. The summed E-state index contributed by atoms with van der Waals surface area (Å²) in [5, 5.41) is 2.99. The summed E-state index contributed by atoms with van der Waals surface area (Å²) in [4.78, 5) is 29.0. The lowest BCUT2D eigenvalue weighted by Gasteiger charge is -2.29. The first kappa shape index (κ1) is 17.9. The number of anilines is 1. The maximum atomic E-state index is 12.9. The second kappa shape index (κ2) is 7.99. The van der Waals surface area contributed by atoms with Crippen molar-refractivity contribution in [3.05, 3.63) is 30.3 Å². The third-order valence-corrected chi connectivity index (χ3v) is 6.67. The third kappa shape index (κ3) is 4.21. The fourth-order valence-electron chi connectivity index (χ4n) is 3.40. The second-order valence-electron chi connectivity index (χ2n) is 6.66. The van der Waals surface area contributed by atoms with Crippen LogP contribution in [0.5, 0.6) is 0 Å². The number of likely N-dealkylation sites (tertiary alicyclic amines) is 1. The van der Waals surface area contributed by atoms with Crippen molar-refractivity contribution in [1.29, 1.82) is 0 Å². The first-order chi connectivity index (χ1) is 12.1. The van der Waals surface area contributed by atoms with Gasteiger partial charge in [-0.15, -0.1) is 0 Å². The molecule has 0 spiro atoms. The quantitative estimate of drug-likeness (QED) is 0.874. The van der Waals surface area contributed by atoms with Gasteiger partial charge in [-0.2, -0.15) is 0 Å². The third-order valence-electron chi connectivity index (χ3n) is 4.95. The van der Waals surface area contributed by atoms with Gasteiger partial charge in [-0.05, 0) is 31.4 Å². The molecule has 1 aromatic rings. The van der Waals surface area contributed by atoms with Crippen LogP contribution in [0.25, 0.3) is 0 Å². The van der Waals surface area contributed by atoms with E-state index in [-0.39, 0.29) is 17.2 Å². The van der Waals surface area contributed by atoms with Gasteiger partial charge in [0, 0.05) is 47.1 Å². The van der Waals surface area contributed by atoms with E-state index >= 15 is 0 Å². The van der Waals surface area contributed by atoms with E-state index in [0.29, 0.717) is 31.8 Å². The number of carbonyl (C=O) groups is 2. The lowest BCUT2D eigenvalue weighted by Crippen LogP contribution is -2.49. The fourth-order valence-corrected chi connectivity index (χ4v) is 4.57. The number of benzene rings is 1. The molecule has 25 heavy (non-hydrogen) atoms. The van der Waals surface area contributed by atoms with E-state index in [2.05, 4.69) is 5.32 Å². The summed E-state index contributed by atoms with van der Waals surface area (Å²) in [5.41, 5.74) is 0.726. The first-order valence-corrected chi connectivity index (χ1v) is 10.2. The molecule has 3 atom stereocenters. The van der Waals surface area contributed by atoms with Crippen molar-refractivity contribution in [3.63, 3.8) is 0 Å². The van der Waals surface area contributed by atoms with E-state index in [0.717, 1.165) is 18.5 Å². The summed E-state index contributed by atoms with van der Waals surface area (Å²) in [6, 6.07) is 8.63. The van der Waals surface area contributed by atoms with Crippen LogP contribution < -0.4 is 5.32 Å². The SMILES string of the molecule is CC1CCN(C(=O)[C@@H]2CCCN2C(=O)Nc2ccccc2)CCS1=O. The van der Waals surface area contributed by atoms with Gasteiger partial charge in [0.15, 0.2) is 0 Å². The van der Waals surface area contributed by atoms with Gasteiger partial charge in [-0.1, -0.05) is 25.1 Å². The Morgan fingerprint density at radius 1 is 1.12 bits per heavy atom. The van der Waals surface area contributed by atoms with Gasteiger partial charge in [-0.25, -0.2) is 4.79 Å². The molecule has 0 radical (unpaired) electrons. The van der Waals surface area contributed by atoms with E-state index in [1.165, 1.54) is 0 Å². The van der Waals surface area contributed by atoms with E-state index in [1.54, 1.807) is 9.80 Å². The monoisotopic (exact) mass is 363 g/mol. The summed E-state index contributed by atoms with van der Waals surface area (Å²) >= 11 is 0. The lowest BCUT2D eigenvalue weighted by molar-refractivity contribution is -0.134. The molecule has 3 amide bonds. The Balaban J connectivity index is 1.65. The number of nitrogens with zero attached hydrogens (tertiary/aromatic N) is 2. The molecule has 6 nitrogen and oxygen atoms in total. The van der Waals surface area contributed by atoms with Crippen LogP contribution in [-0.2, 0) is 15.6 Å². The molecule has 0 aromatic heterocycles. The number of urea groups is 1. The smallest absolute Gasteiger partial charge is 0.322 e. The Bertz CT molecular complexity index is 652. The van der Waals surface area contributed by atoms with Crippen molar-refractivity contribution >= 4 is 28.4 Å². The van der Waals surface area contributed by atoms with Crippen LogP contribution in [0.2, 0.25) is 0 Å². The molecule has 7 heteroatoms. The summed E-state index contributed by atoms with van der Waals surface area (Å²) in [6.07, 6.45) is 2.27. The minimum Gasteiger partial charge on any atom is -0.340 e. The van der Waals surface area contributed by atoms with Gasteiger partial charge < -0.3 is 15.1 Å². The topological polar surface area (TPSA) is 69.7 Å². The Hall–Kier alpha value is -1.89. The van der Waals surface area contributed by atoms with Crippen LogP contribution in [0, 0.1) is 0 Å². The summed E-state index contributed by atoms with van der Waals surface area (Å²) in [5.74, 6) is 0.516. The molecular formula is C18H25N3O3S. The molecule has 2 fully saturated rings. The van der Waals surface area contributed by atoms with Crippen molar-refractivity contribution in [1.82, 2.24) is 9.80 Å². The zero-order valence-corrected chi connectivity index (χ0v) is 15.3. The zero-order chi connectivity index (χ0) is 17.8. The van der Waals surface area contributed by atoms with Crippen LogP contribution in [0.15, 0.2) is 30.3 Å². The van der Waals surface area contributed by atoms with E-state index in [4.69, 9.17) is 0 Å². The Morgan fingerprint density at radius 2 is 1.88 bits per heavy atom. The predicted octanol–water partition coefficient (Wildman–Crippen LogP) is 2.05. The van der Waals surface area contributed by atoms with Crippen LogP contribution in [0.1, 0.15) is 26.2 Å². The molecule has 1 N–H and O–H groups in total. The van der Waals surface area contributed by atoms with E-state index in [9.17, 15) is 13.8 Å². The molecule has 2 unspecified atom stereocenters. The number of amides is 3. The van der Waals surface area contributed by atoms with Crippen molar-refractivity contribution in [2.45, 2.75) is 37.5 Å². The minimum absolute atomic E-state index is 0.00758. The lowest BCUT2D eigenvalue weighted by atomic mass is 10.2. The van der Waals surface area contributed by atoms with Gasteiger partial charge >= 0.3 is 6.03 Å². The molecule has 3 rings (SSSR count). The highest BCUT2D eigenvalue weighted by molar-refractivity contribution is 7.85. The number of hydrogen-bond acceptors (Lipinski definition) is 3. The number of carbonyl (C=O) groups excluding carboxylic acids is 2. The van der Waals surface area contributed by atoms with E-state index < -0.39 is 16.8 Å². The van der Waals surface area contributed by atoms with Gasteiger partial charge in [0.1, 0.15) is 6.04 Å². The summed E-state index contributed by atoms with van der Waals surface area (Å²) in [7, 11) is -0.872. The van der Waals surface area contributed by atoms with Gasteiger partial charge in [-0.3, -0.25) is 9.00 Å². The van der Waals surface area contributed by atoms with Crippen LogP contribution in [0.4, 0.5) is 10.5 Å². The van der Waals surface area contributed by atoms with Crippen molar-refractivity contribution in [2.75, 3.05) is 30.7 Å². The second-order valence-corrected chi connectivity index (χ2v) is 8.63. The maximum Gasteiger partial charge on any atom is 0.322 e. The minimum atomic E-state index is -0.872. The van der Waals surface area contributed by atoms with Gasteiger partial charge in [0.05, 0.1) is 0 Å². The molecule has 2 aliphatic rings. The van der Waals surface area contributed by atoms with Crippen LogP contribution in [0.3, 0.4) is 0 Å². The predicted molar refractivity (Wildman–Crippen MR) is 98.9 cm³/mol. The highest BCUT2D eigenvalue weighted by atomic mass is 32.2. The molecule has 0 bridgehead atoms. The highest BCUT2D eigenvalue weighted by Crippen LogP contribution is 2.22. The number of rotatable bonds is 2. The standard InChI is InChI=1S/C18H25N3O3S/c1-14-9-11-20(12-13-25(14)24)17(22)16-8-5-10-21(16)18(23)19-15-6-3-2-4-7-15/h2-4,6-7,14,16H,5,8-13H2,1H3,(H,19,23)/t14?,16-,25?/m0/s1.